The third-order valence-electron chi connectivity index (χ3n) is 4.42. The highest BCUT2D eigenvalue weighted by molar-refractivity contribution is 7.17. The molecule has 0 saturated heterocycles. The number of pyridine rings is 1. The molecule has 28 heavy (non-hydrogen) atoms. The third kappa shape index (κ3) is 4.18. The normalized spacial score (nSPS) is 11.2. The lowest BCUT2D eigenvalue weighted by Crippen LogP contribution is -2.15. The highest BCUT2D eigenvalue weighted by Gasteiger charge is 2.15. The molecule has 0 bridgehead atoms. The fourth-order valence-corrected chi connectivity index (χ4v) is 4.12. The number of fused-ring (bicyclic) bond motifs is 1. The molecule has 0 saturated carbocycles. The molecule has 142 valence electrons. The molecule has 3 heterocycles. The van der Waals surface area contributed by atoms with E-state index in [-0.39, 0.29) is 0 Å². The van der Waals surface area contributed by atoms with Gasteiger partial charge in [-0.15, -0.1) is 11.3 Å². The first-order chi connectivity index (χ1) is 13.7. The zero-order valence-corrected chi connectivity index (χ0v) is 16.9. The van der Waals surface area contributed by atoms with Crippen molar-refractivity contribution in [2.45, 2.75) is 13.0 Å². The van der Waals surface area contributed by atoms with E-state index in [0.717, 1.165) is 40.5 Å². The van der Waals surface area contributed by atoms with Crippen LogP contribution in [0.3, 0.4) is 0 Å². The van der Waals surface area contributed by atoms with Crippen molar-refractivity contribution in [1.29, 1.82) is 0 Å². The average Bonchev–Trinajstić information content (AvgIpc) is 3.13. The highest BCUT2D eigenvalue weighted by Crippen LogP contribution is 2.37. The van der Waals surface area contributed by atoms with Crippen LogP contribution in [-0.4, -0.2) is 40.5 Å². The van der Waals surface area contributed by atoms with Crippen LogP contribution >= 0.6 is 11.3 Å². The molecule has 0 fully saturated rings. The number of benzene rings is 1. The van der Waals surface area contributed by atoms with Gasteiger partial charge in [-0.3, -0.25) is 4.98 Å². The van der Waals surface area contributed by atoms with Crippen LogP contribution < -0.4 is 5.32 Å². The Hall–Kier alpha value is -2.83. The minimum absolute atomic E-state index is 0.712. The van der Waals surface area contributed by atoms with Crippen molar-refractivity contribution in [1.82, 2.24) is 19.9 Å². The third-order valence-corrected chi connectivity index (χ3v) is 5.29. The minimum Gasteiger partial charge on any atom is -0.369 e. The lowest BCUT2D eigenvalue weighted by Gasteiger charge is -2.13. The van der Waals surface area contributed by atoms with Crippen molar-refractivity contribution in [3.8, 4) is 11.1 Å². The van der Waals surface area contributed by atoms with Crippen molar-refractivity contribution in [2.24, 2.45) is 0 Å². The number of aromatic nitrogens is 3. The minimum atomic E-state index is 0.712. The van der Waals surface area contributed by atoms with Gasteiger partial charge in [-0.05, 0) is 31.8 Å². The first kappa shape index (κ1) is 18.5. The summed E-state index contributed by atoms with van der Waals surface area (Å²) < 4.78 is 0. The average molecular weight is 390 g/mol. The molecule has 0 amide bonds. The molecule has 4 rings (SSSR count). The van der Waals surface area contributed by atoms with Gasteiger partial charge in [0.05, 0.1) is 11.9 Å². The second kappa shape index (κ2) is 8.46. The summed E-state index contributed by atoms with van der Waals surface area (Å²) in [5.74, 6) is 1.73. The van der Waals surface area contributed by atoms with E-state index >= 15 is 0 Å². The highest BCUT2D eigenvalue weighted by atomic mass is 32.1. The Morgan fingerprint density at radius 2 is 1.82 bits per heavy atom. The summed E-state index contributed by atoms with van der Waals surface area (Å²) in [6, 6.07) is 16.4. The van der Waals surface area contributed by atoms with Gasteiger partial charge in [0, 0.05) is 35.8 Å². The molecule has 0 aliphatic heterocycles. The Morgan fingerprint density at radius 3 is 2.57 bits per heavy atom. The molecule has 5 nitrogen and oxygen atoms in total. The molecule has 3 aromatic heterocycles. The zero-order valence-electron chi connectivity index (χ0n) is 16.1. The first-order valence-electron chi connectivity index (χ1n) is 9.33. The van der Waals surface area contributed by atoms with Crippen molar-refractivity contribution >= 4 is 27.4 Å². The molecule has 0 aliphatic carbocycles. The summed E-state index contributed by atoms with van der Waals surface area (Å²) >= 11 is 1.67. The second-order valence-corrected chi connectivity index (χ2v) is 7.78. The van der Waals surface area contributed by atoms with Gasteiger partial charge >= 0.3 is 0 Å². The molecule has 0 radical (unpaired) electrons. The Bertz CT molecular complexity index is 1040. The number of nitrogens with one attached hydrogen (secondary N) is 1. The molecule has 0 atom stereocenters. The molecule has 0 unspecified atom stereocenters. The van der Waals surface area contributed by atoms with Crippen LogP contribution in [0.2, 0.25) is 0 Å². The summed E-state index contributed by atoms with van der Waals surface area (Å²) in [4.78, 5) is 17.2. The lowest BCUT2D eigenvalue weighted by molar-refractivity contribution is 0.391. The van der Waals surface area contributed by atoms with Crippen LogP contribution in [0.15, 0.2) is 60.1 Å². The first-order valence-corrected chi connectivity index (χ1v) is 10.2. The van der Waals surface area contributed by atoms with Gasteiger partial charge < -0.3 is 10.2 Å². The number of rotatable bonds is 7. The van der Waals surface area contributed by atoms with Gasteiger partial charge in [-0.1, -0.05) is 36.4 Å². The summed E-state index contributed by atoms with van der Waals surface area (Å²) in [7, 11) is 4.07. The Morgan fingerprint density at radius 1 is 1.00 bits per heavy atom. The summed E-state index contributed by atoms with van der Waals surface area (Å²) in [6.07, 6.45) is 2.68. The molecule has 6 heteroatoms. The molecule has 0 aliphatic rings. The summed E-state index contributed by atoms with van der Waals surface area (Å²) in [5, 5.41) is 6.82. The van der Waals surface area contributed by atoms with E-state index < -0.39 is 0 Å². The summed E-state index contributed by atoms with van der Waals surface area (Å²) in [6.45, 7) is 1.48. The van der Waals surface area contributed by atoms with E-state index in [1.54, 1.807) is 11.3 Å². The maximum atomic E-state index is 4.85. The Balaban J connectivity index is 1.69. The molecule has 0 spiro atoms. The number of thiophene rings is 1. The predicted octanol–water partition coefficient (Wildman–Crippen LogP) is 4.47. The standard InChI is InChI=1S/C22H23N5S/c1-27(2)14-19-25-21(24-13-11-17-10-6-7-12-23-17)20-18(15-28-22(20)26-19)16-8-4-3-5-9-16/h3-10,12,15H,11,13-14H2,1-2H3,(H,24,25,26). The van der Waals surface area contributed by atoms with Crippen LogP contribution in [0.5, 0.6) is 0 Å². The quantitative estimate of drug-likeness (QED) is 0.505. The number of anilines is 1. The predicted molar refractivity (Wildman–Crippen MR) is 117 cm³/mol. The number of nitrogens with zero attached hydrogens (tertiary/aromatic N) is 4. The second-order valence-electron chi connectivity index (χ2n) is 6.92. The van der Waals surface area contributed by atoms with Gasteiger partial charge in [-0.2, -0.15) is 0 Å². The van der Waals surface area contributed by atoms with E-state index in [1.165, 1.54) is 11.1 Å². The lowest BCUT2D eigenvalue weighted by atomic mass is 10.1. The van der Waals surface area contributed by atoms with E-state index in [4.69, 9.17) is 9.97 Å². The van der Waals surface area contributed by atoms with E-state index in [0.29, 0.717) is 6.54 Å². The molecular weight excluding hydrogens is 366 g/mol. The Kier molecular flexibility index (Phi) is 5.60. The molecule has 1 N–H and O–H groups in total. The van der Waals surface area contributed by atoms with Crippen LogP contribution in [0.25, 0.3) is 21.3 Å². The molecular formula is C22H23N5S. The SMILES string of the molecule is CN(C)Cc1nc(NCCc2ccccn2)c2c(-c3ccccc3)csc2n1. The van der Waals surface area contributed by atoms with Gasteiger partial charge in [-0.25, -0.2) is 9.97 Å². The smallest absolute Gasteiger partial charge is 0.146 e. The maximum absolute atomic E-state index is 4.85. The zero-order chi connectivity index (χ0) is 19.3. The van der Waals surface area contributed by atoms with E-state index in [1.807, 2.05) is 38.5 Å². The van der Waals surface area contributed by atoms with Crippen LogP contribution in [-0.2, 0) is 13.0 Å². The van der Waals surface area contributed by atoms with Gasteiger partial charge in [0.2, 0.25) is 0 Å². The topological polar surface area (TPSA) is 53.9 Å². The van der Waals surface area contributed by atoms with E-state index in [2.05, 4.69) is 50.9 Å². The maximum Gasteiger partial charge on any atom is 0.146 e. The monoisotopic (exact) mass is 389 g/mol. The largest absolute Gasteiger partial charge is 0.369 e. The van der Waals surface area contributed by atoms with Crippen molar-refractivity contribution in [3.63, 3.8) is 0 Å². The van der Waals surface area contributed by atoms with E-state index in [9.17, 15) is 0 Å². The van der Waals surface area contributed by atoms with Crippen molar-refractivity contribution in [3.05, 3.63) is 71.6 Å². The van der Waals surface area contributed by atoms with Gasteiger partial charge in [0.15, 0.2) is 0 Å². The van der Waals surface area contributed by atoms with Crippen LogP contribution in [0.4, 0.5) is 5.82 Å². The van der Waals surface area contributed by atoms with Gasteiger partial charge in [0.1, 0.15) is 16.5 Å². The molecule has 1 aromatic carbocycles. The van der Waals surface area contributed by atoms with Crippen molar-refractivity contribution in [2.75, 3.05) is 26.0 Å². The molecule has 4 aromatic rings. The number of hydrogen-bond acceptors (Lipinski definition) is 6. The fourth-order valence-electron chi connectivity index (χ4n) is 3.15. The van der Waals surface area contributed by atoms with Crippen LogP contribution in [0, 0.1) is 0 Å². The summed E-state index contributed by atoms with van der Waals surface area (Å²) in [5.41, 5.74) is 3.44. The van der Waals surface area contributed by atoms with Gasteiger partial charge in [0.25, 0.3) is 0 Å². The van der Waals surface area contributed by atoms with Crippen molar-refractivity contribution < 1.29 is 0 Å². The van der Waals surface area contributed by atoms with Crippen LogP contribution in [0.1, 0.15) is 11.5 Å². The number of hydrogen-bond donors (Lipinski definition) is 1. The fraction of sp³-hybridized carbons (Fsp3) is 0.227. The Labute approximate surface area is 169 Å².